The molecule has 1 aromatic carbocycles. The second kappa shape index (κ2) is 7.11. The predicted octanol–water partition coefficient (Wildman–Crippen LogP) is 4.23. The van der Waals surface area contributed by atoms with Gasteiger partial charge in [-0.05, 0) is 54.8 Å². The van der Waals surface area contributed by atoms with Crippen LogP contribution in [0.2, 0.25) is 0 Å². The Kier molecular flexibility index (Phi) is 4.52. The molecule has 1 aliphatic rings. The molecular weight excluding hydrogens is 332 g/mol. The van der Waals surface area contributed by atoms with Gasteiger partial charge in [0, 0.05) is 40.3 Å². The van der Waals surface area contributed by atoms with Crippen molar-refractivity contribution in [1.29, 1.82) is 0 Å². The Morgan fingerprint density at radius 2 is 2.08 bits per heavy atom. The Morgan fingerprint density at radius 3 is 2.80 bits per heavy atom. The molecule has 2 aromatic heterocycles. The van der Waals surface area contributed by atoms with Crippen LogP contribution in [-0.4, -0.2) is 21.1 Å². The average Bonchev–Trinajstić information content (AvgIpc) is 3.38. The van der Waals surface area contributed by atoms with Gasteiger partial charge >= 0.3 is 0 Å². The van der Waals surface area contributed by atoms with E-state index in [1.54, 1.807) is 18.0 Å². The highest BCUT2D eigenvalue weighted by Gasteiger charge is 2.26. The van der Waals surface area contributed by atoms with Gasteiger partial charge in [0.05, 0.1) is 0 Å². The summed E-state index contributed by atoms with van der Waals surface area (Å²) in [4.78, 5) is 17.5. The summed E-state index contributed by atoms with van der Waals surface area (Å²) < 4.78 is 0. The highest BCUT2D eigenvalue weighted by Crippen LogP contribution is 2.39. The molecule has 2 heterocycles. The fourth-order valence-corrected chi connectivity index (χ4v) is 3.37. The van der Waals surface area contributed by atoms with Gasteiger partial charge in [0.1, 0.15) is 0 Å². The minimum atomic E-state index is -0.182. The molecular formula is C19H18N4OS. The Balaban J connectivity index is 1.34. The Bertz CT molecular complexity index is 857. The quantitative estimate of drug-likeness (QED) is 0.653. The van der Waals surface area contributed by atoms with Crippen LogP contribution in [0.15, 0.2) is 59.8 Å². The standard InChI is InChI=1S/C19H18N4OS/c24-19(18-10-17(22-23-18)14-3-4-14)21-15-5-7-16(8-6-15)25-12-13-2-1-9-20-11-13/h1-2,5-11,14H,3-4,12H2,(H,21,24)(H,22,23). The van der Waals surface area contributed by atoms with E-state index >= 15 is 0 Å². The van der Waals surface area contributed by atoms with Crippen molar-refractivity contribution in [3.8, 4) is 0 Å². The van der Waals surface area contributed by atoms with E-state index in [9.17, 15) is 4.79 Å². The van der Waals surface area contributed by atoms with Crippen LogP contribution in [-0.2, 0) is 5.75 Å². The third-order valence-corrected chi connectivity index (χ3v) is 5.17. The fourth-order valence-electron chi connectivity index (χ4n) is 2.54. The van der Waals surface area contributed by atoms with E-state index in [2.05, 4.69) is 26.6 Å². The fraction of sp³-hybridized carbons (Fsp3) is 0.211. The van der Waals surface area contributed by atoms with Gasteiger partial charge in [0.2, 0.25) is 0 Å². The van der Waals surface area contributed by atoms with Crippen molar-refractivity contribution < 1.29 is 4.79 Å². The number of aromatic amines is 1. The maximum Gasteiger partial charge on any atom is 0.276 e. The molecule has 0 bridgehead atoms. The number of anilines is 1. The summed E-state index contributed by atoms with van der Waals surface area (Å²) in [6.45, 7) is 0. The molecule has 1 saturated carbocycles. The van der Waals surface area contributed by atoms with Crippen molar-refractivity contribution in [3.63, 3.8) is 0 Å². The molecule has 4 rings (SSSR count). The summed E-state index contributed by atoms with van der Waals surface area (Å²) in [5.41, 5.74) is 3.46. The van der Waals surface area contributed by atoms with Crippen LogP contribution < -0.4 is 5.32 Å². The number of hydrogen-bond acceptors (Lipinski definition) is 4. The molecule has 126 valence electrons. The predicted molar refractivity (Wildman–Crippen MR) is 98.8 cm³/mol. The van der Waals surface area contributed by atoms with Gasteiger partial charge in [-0.2, -0.15) is 5.10 Å². The van der Waals surface area contributed by atoms with Crippen LogP contribution >= 0.6 is 11.8 Å². The highest BCUT2D eigenvalue weighted by molar-refractivity contribution is 7.98. The Hall–Kier alpha value is -2.60. The maximum atomic E-state index is 12.3. The molecule has 0 saturated heterocycles. The minimum absolute atomic E-state index is 0.182. The molecule has 0 spiro atoms. The van der Waals surface area contributed by atoms with Gasteiger partial charge < -0.3 is 5.32 Å². The van der Waals surface area contributed by atoms with Gasteiger partial charge in [0.25, 0.3) is 5.91 Å². The SMILES string of the molecule is O=C(Nc1ccc(SCc2cccnc2)cc1)c1cc(C2CC2)[nH]n1. The lowest BCUT2D eigenvalue weighted by Crippen LogP contribution is -2.12. The maximum absolute atomic E-state index is 12.3. The van der Waals surface area contributed by atoms with E-state index in [-0.39, 0.29) is 5.91 Å². The van der Waals surface area contributed by atoms with Crippen molar-refractivity contribution in [2.75, 3.05) is 5.32 Å². The molecule has 0 unspecified atom stereocenters. The Morgan fingerprint density at radius 1 is 1.24 bits per heavy atom. The van der Waals surface area contributed by atoms with Crippen molar-refractivity contribution in [2.45, 2.75) is 29.4 Å². The molecule has 0 aliphatic heterocycles. The summed E-state index contributed by atoms with van der Waals surface area (Å²) >= 11 is 1.74. The zero-order valence-corrected chi connectivity index (χ0v) is 14.4. The van der Waals surface area contributed by atoms with Crippen LogP contribution in [0.5, 0.6) is 0 Å². The van der Waals surface area contributed by atoms with E-state index in [1.165, 1.54) is 18.4 Å². The number of benzene rings is 1. The van der Waals surface area contributed by atoms with Gasteiger partial charge in [-0.3, -0.25) is 14.9 Å². The van der Waals surface area contributed by atoms with Crippen LogP contribution in [0.4, 0.5) is 5.69 Å². The number of pyridine rings is 1. The zero-order valence-electron chi connectivity index (χ0n) is 13.6. The van der Waals surface area contributed by atoms with E-state index in [1.807, 2.05) is 42.6 Å². The van der Waals surface area contributed by atoms with Crippen LogP contribution in [0, 0.1) is 0 Å². The smallest absolute Gasteiger partial charge is 0.276 e. The molecule has 1 aliphatic carbocycles. The molecule has 3 aromatic rings. The first-order valence-corrected chi connectivity index (χ1v) is 9.25. The highest BCUT2D eigenvalue weighted by atomic mass is 32.2. The van der Waals surface area contributed by atoms with Gasteiger partial charge in [-0.15, -0.1) is 11.8 Å². The molecule has 6 heteroatoms. The van der Waals surface area contributed by atoms with E-state index in [0.29, 0.717) is 11.6 Å². The second-order valence-electron chi connectivity index (χ2n) is 6.11. The van der Waals surface area contributed by atoms with Crippen molar-refractivity contribution in [2.24, 2.45) is 0 Å². The van der Waals surface area contributed by atoms with Crippen molar-refractivity contribution in [3.05, 3.63) is 71.8 Å². The summed E-state index contributed by atoms with van der Waals surface area (Å²) in [5.74, 6) is 1.25. The Labute approximate surface area is 150 Å². The number of carbonyl (C=O) groups excluding carboxylic acids is 1. The monoisotopic (exact) mass is 350 g/mol. The van der Waals surface area contributed by atoms with E-state index in [0.717, 1.165) is 22.0 Å². The number of carbonyl (C=O) groups is 1. The number of rotatable bonds is 6. The number of thioether (sulfide) groups is 1. The van der Waals surface area contributed by atoms with E-state index in [4.69, 9.17) is 0 Å². The molecule has 2 N–H and O–H groups in total. The number of H-pyrrole nitrogens is 1. The first-order valence-electron chi connectivity index (χ1n) is 8.26. The lowest BCUT2D eigenvalue weighted by Gasteiger charge is -2.05. The molecule has 1 amide bonds. The summed E-state index contributed by atoms with van der Waals surface area (Å²) in [5, 5.41) is 9.95. The molecule has 0 atom stereocenters. The van der Waals surface area contributed by atoms with E-state index < -0.39 is 0 Å². The second-order valence-corrected chi connectivity index (χ2v) is 7.16. The molecule has 25 heavy (non-hydrogen) atoms. The van der Waals surface area contributed by atoms with Crippen LogP contribution in [0.3, 0.4) is 0 Å². The van der Waals surface area contributed by atoms with Crippen molar-refractivity contribution in [1.82, 2.24) is 15.2 Å². The lowest BCUT2D eigenvalue weighted by molar-refractivity contribution is 0.102. The van der Waals surface area contributed by atoms with Crippen LogP contribution in [0.1, 0.15) is 40.5 Å². The van der Waals surface area contributed by atoms with Gasteiger partial charge in [-0.25, -0.2) is 0 Å². The summed E-state index contributed by atoms with van der Waals surface area (Å²) in [6, 6.07) is 13.7. The largest absolute Gasteiger partial charge is 0.321 e. The number of amides is 1. The third-order valence-electron chi connectivity index (χ3n) is 4.09. The van der Waals surface area contributed by atoms with Gasteiger partial charge in [0.15, 0.2) is 5.69 Å². The average molecular weight is 350 g/mol. The number of nitrogens with zero attached hydrogens (tertiary/aromatic N) is 2. The minimum Gasteiger partial charge on any atom is -0.321 e. The topological polar surface area (TPSA) is 70.7 Å². The first-order chi connectivity index (χ1) is 12.3. The van der Waals surface area contributed by atoms with Gasteiger partial charge in [-0.1, -0.05) is 6.07 Å². The zero-order chi connectivity index (χ0) is 17.1. The van der Waals surface area contributed by atoms with Crippen molar-refractivity contribution >= 4 is 23.4 Å². The number of nitrogens with one attached hydrogen (secondary N) is 2. The summed E-state index contributed by atoms with van der Waals surface area (Å²) in [7, 11) is 0. The third kappa shape index (κ3) is 4.09. The molecule has 1 fully saturated rings. The number of hydrogen-bond donors (Lipinski definition) is 2. The summed E-state index contributed by atoms with van der Waals surface area (Å²) in [6.07, 6.45) is 6.02. The molecule has 0 radical (unpaired) electrons. The number of aromatic nitrogens is 3. The first kappa shape index (κ1) is 15.9. The lowest BCUT2D eigenvalue weighted by atomic mass is 10.2. The normalized spacial score (nSPS) is 13.6. The van der Waals surface area contributed by atoms with Crippen LogP contribution in [0.25, 0.3) is 0 Å². The molecule has 5 nitrogen and oxygen atoms in total.